The Bertz CT molecular complexity index is 169. The van der Waals surface area contributed by atoms with Gasteiger partial charge in [0.05, 0.1) is 12.4 Å². The zero-order valence-corrected chi connectivity index (χ0v) is 7.07. The zero-order chi connectivity index (χ0) is 8.04. The monoisotopic (exact) mass is 169 g/mol. The summed E-state index contributed by atoms with van der Waals surface area (Å²) in [6.45, 7) is 2.42. The minimum Gasteiger partial charge on any atom is -0.384 e. The first-order chi connectivity index (χ1) is 4.62. The molecule has 0 radical (unpaired) electrons. The number of hydrogen-bond acceptors (Lipinski definition) is 3. The Balaban J connectivity index is 0. The van der Waals surface area contributed by atoms with Gasteiger partial charge in [0, 0.05) is 15.1 Å². The standard InChI is InChI=1S/C5H13NO3S.H2/c1-3-6-10(7,8)5-4-9-2;/h6H,3-5H2,1-2H3;1H. The van der Waals surface area contributed by atoms with Gasteiger partial charge in [-0.1, -0.05) is 6.92 Å². The molecular formula is C5H15NO3S. The molecule has 64 valence electrons. The Morgan fingerprint density at radius 2 is 2.20 bits per heavy atom. The van der Waals surface area contributed by atoms with Gasteiger partial charge >= 0.3 is 0 Å². The van der Waals surface area contributed by atoms with Crippen LogP contribution >= 0.6 is 0 Å². The van der Waals surface area contributed by atoms with Crippen molar-refractivity contribution in [1.29, 1.82) is 0 Å². The van der Waals surface area contributed by atoms with E-state index in [0.717, 1.165) is 0 Å². The van der Waals surface area contributed by atoms with Crippen LogP contribution in [0.25, 0.3) is 0 Å². The maximum Gasteiger partial charge on any atom is 0.213 e. The highest BCUT2D eigenvalue weighted by Gasteiger charge is 2.05. The topological polar surface area (TPSA) is 55.4 Å². The SMILES string of the molecule is CCNS(=O)(=O)CCOC.[HH]. The Morgan fingerprint density at radius 3 is 2.60 bits per heavy atom. The van der Waals surface area contributed by atoms with Crippen LogP contribution in [-0.2, 0) is 14.8 Å². The van der Waals surface area contributed by atoms with Crippen LogP contribution in [0.5, 0.6) is 0 Å². The number of nitrogens with one attached hydrogen (secondary N) is 1. The maximum atomic E-state index is 10.8. The smallest absolute Gasteiger partial charge is 0.213 e. The average molecular weight is 169 g/mol. The fourth-order valence-corrected chi connectivity index (χ4v) is 1.46. The zero-order valence-electron chi connectivity index (χ0n) is 6.25. The van der Waals surface area contributed by atoms with Crippen molar-refractivity contribution in [2.75, 3.05) is 26.0 Å². The quantitative estimate of drug-likeness (QED) is 0.621. The van der Waals surface area contributed by atoms with E-state index in [9.17, 15) is 8.42 Å². The molecule has 0 atom stereocenters. The Labute approximate surface area is 63.1 Å². The normalized spacial score (nSPS) is 11.8. The van der Waals surface area contributed by atoms with E-state index >= 15 is 0 Å². The lowest BCUT2D eigenvalue weighted by molar-refractivity contribution is 0.217. The minimum atomic E-state index is -3.07. The maximum absolute atomic E-state index is 10.8. The van der Waals surface area contributed by atoms with Crippen LogP contribution in [0.3, 0.4) is 0 Å². The number of ether oxygens (including phenoxy) is 1. The molecule has 0 saturated heterocycles. The molecule has 0 fully saturated rings. The molecule has 0 spiro atoms. The van der Waals surface area contributed by atoms with E-state index in [1.54, 1.807) is 6.92 Å². The fraction of sp³-hybridized carbons (Fsp3) is 1.00. The Kier molecular flexibility index (Phi) is 4.59. The first-order valence-corrected chi connectivity index (χ1v) is 4.74. The lowest BCUT2D eigenvalue weighted by atomic mass is 10.8. The van der Waals surface area contributed by atoms with Gasteiger partial charge in [-0.3, -0.25) is 0 Å². The summed E-state index contributed by atoms with van der Waals surface area (Å²) in [5.41, 5.74) is 0. The first kappa shape index (κ1) is 9.87. The predicted octanol–water partition coefficient (Wildman–Crippen LogP) is -0.182. The summed E-state index contributed by atoms with van der Waals surface area (Å²) in [4.78, 5) is 0. The third kappa shape index (κ3) is 4.72. The van der Waals surface area contributed by atoms with Crippen LogP contribution < -0.4 is 4.72 Å². The van der Waals surface area contributed by atoms with Crippen molar-refractivity contribution in [3.63, 3.8) is 0 Å². The lowest BCUT2D eigenvalue weighted by Crippen LogP contribution is -2.27. The van der Waals surface area contributed by atoms with Crippen molar-refractivity contribution in [2.24, 2.45) is 0 Å². The van der Waals surface area contributed by atoms with E-state index in [1.165, 1.54) is 7.11 Å². The number of hydrogen-bond donors (Lipinski definition) is 1. The van der Waals surface area contributed by atoms with Crippen molar-refractivity contribution in [1.82, 2.24) is 4.72 Å². The third-order valence-corrected chi connectivity index (χ3v) is 2.35. The molecule has 0 aromatic carbocycles. The molecule has 10 heavy (non-hydrogen) atoms. The van der Waals surface area contributed by atoms with Crippen LogP contribution in [0.1, 0.15) is 8.35 Å². The summed E-state index contributed by atoms with van der Waals surface area (Å²) in [5.74, 6) is 0.0390. The van der Waals surface area contributed by atoms with Crippen molar-refractivity contribution in [3.05, 3.63) is 0 Å². The van der Waals surface area contributed by atoms with Crippen LogP contribution in [-0.4, -0.2) is 34.4 Å². The summed E-state index contributed by atoms with van der Waals surface area (Å²) in [5, 5.41) is 0. The first-order valence-electron chi connectivity index (χ1n) is 3.08. The van der Waals surface area contributed by atoms with Gasteiger partial charge in [-0.25, -0.2) is 13.1 Å². The molecule has 5 heteroatoms. The molecule has 0 amide bonds. The summed E-state index contributed by atoms with van der Waals surface area (Å²) in [7, 11) is -1.60. The van der Waals surface area contributed by atoms with Crippen LogP contribution in [0.15, 0.2) is 0 Å². The number of sulfonamides is 1. The summed E-state index contributed by atoms with van der Waals surface area (Å²) in [6, 6.07) is 0. The lowest BCUT2D eigenvalue weighted by Gasteiger charge is -2.01. The molecule has 0 aromatic heterocycles. The highest BCUT2D eigenvalue weighted by molar-refractivity contribution is 7.89. The van der Waals surface area contributed by atoms with Gasteiger partial charge in [0.2, 0.25) is 10.0 Å². The van der Waals surface area contributed by atoms with Gasteiger partial charge in [-0.05, 0) is 0 Å². The van der Waals surface area contributed by atoms with E-state index in [2.05, 4.69) is 9.46 Å². The minimum absolute atomic E-state index is 0. The second-order valence-electron chi connectivity index (χ2n) is 1.81. The Morgan fingerprint density at radius 1 is 1.60 bits per heavy atom. The van der Waals surface area contributed by atoms with E-state index in [0.29, 0.717) is 6.54 Å². The van der Waals surface area contributed by atoms with E-state index < -0.39 is 10.0 Å². The molecule has 0 aliphatic heterocycles. The number of methoxy groups -OCH3 is 1. The van der Waals surface area contributed by atoms with E-state index in [4.69, 9.17) is 0 Å². The molecule has 0 rings (SSSR count). The molecule has 0 aliphatic carbocycles. The summed E-state index contributed by atoms with van der Waals surface area (Å²) >= 11 is 0. The summed E-state index contributed by atoms with van der Waals surface area (Å²) in [6.07, 6.45) is 0. The number of rotatable bonds is 5. The molecule has 0 heterocycles. The van der Waals surface area contributed by atoms with Gasteiger partial charge in [0.1, 0.15) is 0 Å². The molecule has 0 saturated carbocycles. The van der Waals surface area contributed by atoms with Crippen molar-refractivity contribution < 1.29 is 14.6 Å². The van der Waals surface area contributed by atoms with Gasteiger partial charge < -0.3 is 4.74 Å². The van der Waals surface area contributed by atoms with Crippen molar-refractivity contribution >= 4 is 10.0 Å². The third-order valence-electron chi connectivity index (χ3n) is 0.920. The molecular weight excluding hydrogens is 154 g/mol. The fourth-order valence-electron chi connectivity index (χ4n) is 0.485. The van der Waals surface area contributed by atoms with Gasteiger partial charge in [-0.15, -0.1) is 0 Å². The molecule has 0 unspecified atom stereocenters. The van der Waals surface area contributed by atoms with Gasteiger partial charge in [-0.2, -0.15) is 0 Å². The molecule has 0 aliphatic rings. The second-order valence-corrected chi connectivity index (χ2v) is 3.74. The molecule has 4 nitrogen and oxygen atoms in total. The highest BCUT2D eigenvalue weighted by atomic mass is 32.2. The summed E-state index contributed by atoms with van der Waals surface area (Å²) < 4.78 is 28.6. The largest absolute Gasteiger partial charge is 0.384 e. The van der Waals surface area contributed by atoms with Crippen molar-refractivity contribution in [2.45, 2.75) is 6.92 Å². The molecule has 0 aromatic rings. The van der Waals surface area contributed by atoms with E-state index in [-0.39, 0.29) is 13.8 Å². The van der Waals surface area contributed by atoms with Crippen molar-refractivity contribution in [3.8, 4) is 0 Å². The molecule has 0 bridgehead atoms. The molecule has 1 N–H and O–H groups in total. The van der Waals surface area contributed by atoms with E-state index in [1.807, 2.05) is 0 Å². The Hall–Kier alpha value is -0.130. The van der Waals surface area contributed by atoms with Crippen LogP contribution in [0.4, 0.5) is 0 Å². The predicted molar refractivity (Wildman–Crippen MR) is 41.5 cm³/mol. The highest BCUT2D eigenvalue weighted by Crippen LogP contribution is 1.82. The van der Waals surface area contributed by atoms with Crippen LogP contribution in [0.2, 0.25) is 0 Å². The van der Waals surface area contributed by atoms with Crippen LogP contribution in [0, 0.1) is 0 Å². The average Bonchev–Trinajstić information content (AvgIpc) is 1.84. The second kappa shape index (κ2) is 4.65. The van der Waals surface area contributed by atoms with Gasteiger partial charge in [0.15, 0.2) is 0 Å². The van der Waals surface area contributed by atoms with Gasteiger partial charge in [0.25, 0.3) is 0 Å².